The lowest BCUT2D eigenvalue weighted by molar-refractivity contribution is -0.134. The first-order chi connectivity index (χ1) is 10.2. The summed E-state index contributed by atoms with van der Waals surface area (Å²) >= 11 is 1.92. The molecule has 1 atom stereocenters. The van der Waals surface area contributed by atoms with Crippen molar-refractivity contribution in [2.75, 3.05) is 37.7 Å². The van der Waals surface area contributed by atoms with E-state index >= 15 is 0 Å². The molecule has 2 fully saturated rings. The fourth-order valence-electron chi connectivity index (χ4n) is 3.11. The van der Waals surface area contributed by atoms with Crippen molar-refractivity contribution in [1.29, 1.82) is 0 Å². The standard InChI is InChI=1S/C16H21FN2OS/c17-15-3-1-2-13(10-15)11-18-5-4-14(12-18)16(20)19-6-8-21-9-7-19/h1-3,10,14H,4-9,11-12H2. The fraction of sp³-hybridized carbons (Fsp3) is 0.562. The summed E-state index contributed by atoms with van der Waals surface area (Å²) in [7, 11) is 0. The molecule has 2 aliphatic rings. The van der Waals surface area contributed by atoms with E-state index in [2.05, 4.69) is 4.90 Å². The normalized spacial score (nSPS) is 23.5. The van der Waals surface area contributed by atoms with E-state index in [9.17, 15) is 9.18 Å². The molecule has 2 aliphatic heterocycles. The molecule has 0 radical (unpaired) electrons. The molecule has 5 heteroatoms. The Kier molecular flexibility index (Phi) is 4.80. The van der Waals surface area contributed by atoms with E-state index < -0.39 is 0 Å². The van der Waals surface area contributed by atoms with E-state index in [1.54, 1.807) is 12.1 Å². The molecule has 21 heavy (non-hydrogen) atoms. The summed E-state index contributed by atoms with van der Waals surface area (Å²) in [4.78, 5) is 16.8. The molecular weight excluding hydrogens is 287 g/mol. The van der Waals surface area contributed by atoms with E-state index in [0.29, 0.717) is 5.91 Å². The van der Waals surface area contributed by atoms with Crippen LogP contribution in [-0.4, -0.2) is 53.4 Å². The molecule has 1 unspecified atom stereocenters. The van der Waals surface area contributed by atoms with Gasteiger partial charge in [-0.3, -0.25) is 9.69 Å². The Morgan fingerprint density at radius 2 is 2.10 bits per heavy atom. The van der Waals surface area contributed by atoms with Crippen LogP contribution in [0.25, 0.3) is 0 Å². The van der Waals surface area contributed by atoms with Gasteiger partial charge in [-0.1, -0.05) is 12.1 Å². The molecule has 2 saturated heterocycles. The molecular formula is C16H21FN2OS. The Bertz CT molecular complexity index is 505. The van der Waals surface area contributed by atoms with Crippen molar-refractivity contribution in [3.63, 3.8) is 0 Å². The van der Waals surface area contributed by atoms with Crippen LogP contribution in [0.1, 0.15) is 12.0 Å². The molecule has 3 rings (SSSR count). The maximum Gasteiger partial charge on any atom is 0.227 e. The van der Waals surface area contributed by atoms with Gasteiger partial charge in [0, 0.05) is 37.7 Å². The van der Waals surface area contributed by atoms with Gasteiger partial charge in [-0.25, -0.2) is 4.39 Å². The van der Waals surface area contributed by atoms with Gasteiger partial charge in [-0.05, 0) is 30.7 Å². The van der Waals surface area contributed by atoms with Gasteiger partial charge in [-0.15, -0.1) is 0 Å². The molecule has 0 spiro atoms. The molecule has 0 aliphatic carbocycles. The second kappa shape index (κ2) is 6.79. The van der Waals surface area contributed by atoms with Gasteiger partial charge in [0.15, 0.2) is 0 Å². The summed E-state index contributed by atoms with van der Waals surface area (Å²) in [6.45, 7) is 4.25. The average Bonchev–Trinajstić information content (AvgIpc) is 2.96. The highest BCUT2D eigenvalue weighted by Gasteiger charge is 2.31. The van der Waals surface area contributed by atoms with E-state index in [4.69, 9.17) is 0 Å². The van der Waals surface area contributed by atoms with Crippen molar-refractivity contribution in [3.05, 3.63) is 35.6 Å². The Hall–Kier alpha value is -1.07. The fourth-order valence-corrected chi connectivity index (χ4v) is 4.02. The minimum absolute atomic E-state index is 0.127. The molecule has 3 nitrogen and oxygen atoms in total. The average molecular weight is 308 g/mol. The number of amides is 1. The van der Waals surface area contributed by atoms with Gasteiger partial charge in [-0.2, -0.15) is 11.8 Å². The van der Waals surface area contributed by atoms with E-state index in [0.717, 1.165) is 56.2 Å². The second-order valence-corrected chi connectivity index (χ2v) is 7.01. The first-order valence-electron chi connectivity index (χ1n) is 7.56. The molecule has 0 aromatic heterocycles. The maximum atomic E-state index is 13.2. The lowest BCUT2D eigenvalue weighted by Crippen LogP contribution is -2.42. The highest BCUT2D eigenvalue weighted by Crippen LogP contribution is 2.22. The molecule has 1 aromatic carbocycles. The number of hydrogen-bond acceptors (Lipinski definition) is 3. The summed E-state index contributed by atoms with van der Waals surface area (Å²) in [5, 5.41) is 0. The zero-order chi connectivity index (χ0) is 14.7. The maximum absolute atomic E-state index is 13.2. The molecule has 2 heterocycles. The van der Waals surface area contributed by atoms with Crippen LogP contribution < -0.4 is 0 Å². The van der Waals surface area contributed by atoms with Crippen molar-refractivity contribution < 1.29 is 9.18 Å². The molecule has 1 aromatic rings. The van der Waals surface area contributed by atoms with Crippen LogP contribution in [0.2, 0.25) is 0 Å². The number of likely N-dealkylation sites (tertiary alicyclic amines) is 1. The second-order valence-electron chi connectivity index (χ2n) is 5.79. The van der Waals surface area contributed by atoms with Crippen molar-refractivity contribution in [2.45, 2.75) is 13.0 Å². The Labute approximate surface area is 129 Å². The van der Waals surface area contributed by atoms with E-state index in [1.165, 1.54) is 6.07 Å². The van der Waals surface area contributed by atoms with Crippen molar-refractivity contribution in [3.8, 4) is 0 Å². The first-order valence-corrected chi connectivity index (χ1v) is 8.71. The summed E-state index contributed by atoms with van der Waals surface area (Å²) in [6.07, 6.45) is 0.928. The monoisotopic (exact) mass is 308 g/mol. The summed E-state index contributed by atoms with van der Waals surface area (Å²) in [5.41, 5.74) is 0.984. The Balaban J connectivity index is 1.54. The zero-order valence-corrected chi connectivity index (χ0v) is 12.9. The van der Waals surface area contributed by atoms with Gasteiger partial charge in [0.1, 0.15) is 5.82 Å². The number of carbonyl (C=O) groups excluding carboxylic acids is 1. The van der Waals surface area contributed by atoms with Crippen molar-refractivity contribution in [1.82, 2.24) is 9.80 Å². The number of hydrogen-bond donors (Lipinski definition) is 0. The summed E-state index contributed by atoms with van der Waals surface area (Å²) in [5.74, 6) is 2.38. The third kappa shape index (κ3) is 3.77. The lowest BCUT2D eigenvalue weighted by Gasteiger charge is -2.29. The number of carbonyl (C=O) groups is 1. The van der Waals surface area contributed by atoms with Gasteiger partial charge in [0.2, 0.25) is 5.91 Å². The smallest absolute Gasteiger partial charge is 0.227 e. The summed E-state index contributed by atoms with van der Waals surface area (Å²) < 4.78 is 13.2. The number of benzene rings is 1. The van der Waals surface area contributed by atoms with E-state index in [1.807, 2.05) is 22.7 Å². The van der Waals surface area contributed by atoms with Gasteiger partial charge < -0.3 is 4.90 Å². The SMILES string of the molecule is O=C(C1CCN(Cc2cccc(F)c2)C1)N1CCSCC1. The van der Waals surface area contributed by atoms with Gasteiger partial charge in [0.25, 0.3) is 0 Å². The third-order valence-corrected chi connectivity index (χ3v) is 5.18. The Morgan fingerprint density at radius 1 is 1.29 bits per heavy atom. The zero-order valence-electron chi connectivity index (χ0n) is 12.1. The van der Waals surface area contributed by atoms with Crippen LogP contribution in [0.3, 0.4) is 0 Å². The third-order valence-electron chi connectivity index (χ3n) is 4.24. The van der Waals surface area contributed by atoms with Crippen LogP contribution in [0.5, 0.6) is 0 Å². The minimum atomic E-state index is -0.190. The molecule has 0 saturated carbocycles. The molecule has 114 valence electrons. The largest absolute Gasteiger partial charge is 0.341 e. The predicted octanol–water partition coefficient (Wildman–Crippen LogP) is 2.22. The molecule has 0 bridgehead atoms. The quantitative estimate of drug-likeness (QED) is 0.855. The summed E-state index contributed by atoms with van der Waals surface area (Å²) in [6, 6.07) is 6.74. The Morgan fingerprint density at radius 3 is 2.86 bits per heavy atom. The highest BCUT2D eigenvalue weighted by molar-refractivity contribution is 7.99. The van der Waals surface area contributed by atoms with Crippen LogP contribution in [-0.2, 0) is 11.3 Å². The van der Waals surface area contributed by atoms with Crippen LogP contribution in [0.4, 0.5) is 4.39 Å². The number of nitrogens with zero attached hydrogens (tertiary/aromatic N) is 2. The minimum Gasteiger partial charge on any atom is -0.341 e. The topological polar surface area (TPSA) is 23.6 Å². The number of halogens is 1. The first kappa shape index (κ1) is 14.9. The number of thioether (sulfide) groups is 1. The number of rotatable bonds is 3. The van der Waals surface area contributed by atoms with Crippen LogP contribution in [0.15, 0.2) is 24.3 Å². The van der Waals surface area contributed by atoms with Crippen molar-refractivity contribution >= 4 is 17.7 Å². The highest BCUT2D eigenvalue weighted by atomic mass is 32.2. The molecule has 0 N–H and O–H groups in total. The van der Waals surface area contributed by atoms with Crippen LogP contribution >= 0.6 is 11.8 Å². The molecule has 1 amide bonds. The van der Waals surface area contributed by atoms with Crippen LogP contribution in [0, 0.1) is 11.7 Å². The van der Waals surface area contributed by atoms with Gasteiger partial charge >= 0.3 is 0 Å². The lowest BCUT2D eigenvalue weighted by atomic mass is 10.1. The van der Waals surface area contributed by atoms with Gasteiger partial charge in [0.05, 0.1) is 5.92 Å². The van der Waals surface area contributed by atoms with E-state index in [-0.39, 0.29) is 11.7 Å². The van der Waals surface area contributed by atoms with Crippen molar-refractivity contribution in [2.24, 2.45) is 5.92 Å². The predicted molar refractivity (Wildman–Crippen MR) is 83.7 cm³/mol.